The summed E-state index contributed by atoms with van der Waals surface area (Å²) in [4.78, 5) is 25.9. The van der Waals surface area contributed by atoms with Crippen LogP contribution in [0, 0.1) is 17.2 Å². The monoisotopic (exact) mass is 376 g/mol. The zero-order chi connectivity index (χ0) is 19.9. The molecule has 3 rings (SSSR count). The fourth-order valence-corrected chi connectivity index (χ4v) is 3.55. The molecule has 2 aromatic rings. The van der Waals surface area contributed by atoms with Crippen LogP contribution in [-0.2, 0) is 4.79 Å². The van der Waals surface area contributed by atoms with Crippen molar-refractivity contribution in [3.8, 4) is 17.2 Å². The largest absolute Gasteiger partial charge is 0.369 e. The van der Waals surface area contributed by atoms with Crippen molar-refractivity contribution in [3.05, 3.63) is 59.7 Å². The first-order valence-electron chi connectivity index (χ1n) is 9.48. The van der Waals surface area contributed by atoms with Crippen LogP contribution in [0.15, 0.2) is 48.5 Å². The molecule has 0 radical (unpaired) electrons. The van der Waals surface area contributed by atoms with Gasteiger partial charge in [-0.05, 0) is 48.7 Å². The second-order valence-corrected chi connectivity index (χ2v) is 7.03. The van der Waals surface area contributed by atoms with Crippen molar-refractivity contribution in [2.24, 2.45) is 11.7 Å². The molecule has 6 nitrogen and oxygen atoms in total. The number of piperidine rings is 1. The van der Waals surface area contributed by atoms with Gasteiger partial charge in [-0.2, -0.15) is 5.26 Å². The van der Waals surface area contributed by atoms with E-state index in [9.17, 15) is 14.9 Å². The summed E-state index contributed by atoms with van der Waals surface area (Å²) in [7, 11) is 0. The second kappa shape index (κ2) is 9.16. The van der Waals surface area contributed by atoms with Crippen LogP contribution in [0.1, 0.15) is 28.8 Å². The molecule has 0 aliphatic carbocycles. The molecule has 0 aromatic heterocycles. The van der Waals surface area contributed by atoms with E-state index in [1.54, 1.807) is 18.2 Å². The summed E-state index contributed by atoms with van der Waals surface area (Å²) in [6.45, 7) is 2.80. The third-order valence-electron chi connectivity index (χ3n) is 5.13. The molecule has 144 valence electrons. The number of primary amides is 1. The minimum absolute atomic E-state index is 0.0896. The van der Waals surface area contributed by atoms with E-state index in [0.717, 1.165) is 30.5 Å². The van der Waals surface area contributed by atoms with Crippen LogP contribution in [0.3, 0.4) is 0 Å². The van der Waals surface area contributed by atoms with Gasteiger partial charge >= 0.3 is 0 Å². The third kappa shape index (κ3) is 4.76. The Bertz CT molecular complexity index is 886. The molecule has 0 bridgehead atoms. The van der Waals surface area contributed by atoms with Gasteiger partial charge in [-0.3, -0.25) is 9.59 Å². The molecule has 2 aromatic carbocycles. The van der Waals surface area contributed by atoms with E-state index in [1.165, 1.54) is 0 Å². The van der Waals surface area contributed by atoms with Crippen LogP contribution in [0.4, 0.5) is 0 Å². The fourth-order valence-electron chi connectivity index (χ4n) is 3.55. The van der Waals surface area contributed by atoms with E-state index < -0.39 is 0 Å². The Morgan fingerprint density at radius 1 is 1.18 bits per heavy atom. The number of hydrogen-bond donors (Lipinski definition) is 2. The Labute approximate surface area is 164 Å². The Balaban J connectivity index is 1.54. The van der Waals surface area contributed by atoms with Crippen molar-refractivity contribution in [2.75, 3.05) is 26.2 Å². The number of nitriles is 1. The lowest BCUT2D eigenvalue weighted by atomic mass is 9.97. The zero-order valence-corrected chi connectivity index (χ0v) is 15.7. The Kier molecular flexibility index (Phi) is 6.41. The molecule has 2 amide bonds. The highest BCUT2D eigenvalue weighted by Crippen LogP contribution is 2.23. The summed E-state index contributed by atoms with van der Waals surface area (Å²) >= 11 is 0. The molecule has 3 N–H and O–H groups in total. The molecule has 6 heteroatoms. The van der Waals surface area contributed by atoms with E-state index >= 15 is 0 Å². The van der Waals surface area contributed by atoms with Gasteiger partial charge in [0, 0.05) is 25.2 Å². The number of benzene rings is 2. The molecule has 1 atom stereocenters. The highest BCUT2D eigenvalue weighted by atomic mass is 16.2. The molecule has 1 heterocycles. The van der Waals surface area contributed by atoms with Crippen LogP contribution in [0.5, 0.6) is 0 Å². The van der Waals surface area contributed by atoms with E-state index in [0.29, 0.717) is 30.8 Å². The molecular formula is C22H24N4O2. The zero-order valence-electron chi connectivity index (χ0n) is 15.7. The third-order valence-corrected chi connectivity index (χ3v) is 5.13. The lowest BCUT2D eigenvalue weighted by molar-refractivity contribution is -0.123. The van der Waals surface area contributed by atoms with Crippen LogP contribution in [-0.4, -0.2) is 42.9 Å². The summed E-state index contributed by atoms with van der Waals surface area (Å²) < 4.78 is 0. The van der Waals surface area contributed by atoms with Gasteiger partial charge in [-0.25, -0.2) is 0 Å². The van der Waals surface area contributed by atoms with Gasteiger partial charge in [0.15, 0.2) is 0 Å². The van der Waals surface area contributed by atoms with E-state index in [4.69, 9.17) is 5.73 Å². The molecule has 1 fully saturated rings. The molecule has 0 saturated carbocycles. The number of rotatable bonds is 6. The number of nitrogens with one attached hydrogen (secondary N) is 1. The Morgan fingerprint density at radius 3 is 2.64 bits per heavy atom. The van der Waals surface area contributed by atoms with Crippen molar-refractivity contribution in [3.63, 3.8) is 0 Å². The van der Waals surface area contributed by atoms with Crippen molar-refractivity contribution in [1.29, 1.82) is 5.26 Å². The van der Waals surface area contributed by atoms with Crippen molar-refractivity contribution in [1.82, 2.24) is 10.2 Å². The standard InChI is InChI=1S/C22H24N4O2/c23-14-18-4-1-2-6-20(18)16-7-9-17(10-8-16)22(28)25-11-13-26-12-3-5-19(15-26)21(24)27/h1-2,4,6-10,19H,3,5,11-13,15H2,(H2,24,27)(H,25,28). The first-order valence-corrected chi connectivity index (χ1v) is 9.48. The van der Waals surface area contributed by atoms with Crippen LogP contribution in [0.25, 0.3) is 11.1 Å². The topological polar surface area (TPSA) is 99.2 Å². The molecular weight excluding hydrogens is 352 g/mol. The second-order valence-electron chi connectivity index (χ2n) is 7.03. The first-order chi connectivity index (χ1) is 13.6. The number of nitrogens with two attached hydrogens (primary N) is 1. The van der Waals surface area contributed by atoms with Gasteiger partial charge < -0.3 is 16.0 Å². The molecule has 28 heavy (non-hydrogen) atoms. The van der Waals surface area contributed by atoms with Gasteiger partial charge in [0.25, 0.3) is 5.91 Å². The van der Waals surface area contributed by atoms with E-state index in [-0.39, 0.29) is 17.7 Å². The normalized spacial score (nSPS) is 16.9. The summed E-state index contributed by atoms with van der Waals surface area (Å²) in [5.41, 5.74) is 8.34. The lowest BCUT2D eigenvalue weighted by Gasteiger charge is -2.31. The number of carbonyl (C=O) groups excluding carboxylic acids is 2. The molecule has 1 aliphatic heterocycles. The van der Waals surface area contributed by atoms with Gasteiger partial charge in [0.1, 0.15) is 0 Å². The summed E-state index contributed by atoms with van der Waals surface area (Å²) in [5.74, 6) is -0.469. The maximum absolute atomic E-state index is 12.4. The molecule has 1 unspecified atom stereocenters. The first kappa shape index (κ1) is 19.6. The number of hydrogen-bond acceptors (Lipinski definition) is 4. The predicted molar refractivity (Wildman–Crippen MR) is 107 cm³/mol. The number of amides is 2. The Hall–Kier alpha value is -3.17. The fraction of sp³-hybridized carbons (Fsp3) is 0.318. The summed E-state index contributed by atoms with van der Waals surface area (Å²) in [6.07, 6.45) is 1.80. The van der Waals surface area contributed by atoms with Gasteiger partial charge in [0.05, 0.1) is 17.6 Å². The minimum atomic E-state index is -0.244. The number of likely N-dealkylation sites (tertiary alicyclic amines) is 1. The van der Waals surface area contributed by atoms with Crippen LogP contribution < -0.4 is 11.1 Å². The van der Waals surface area contributed by atoms with Gasteiger partial charge in [0.2, 0.25) is 5.91 Å². The SMILES string of the molecule is N#Cc1ccccc1-c1ccc(C(=O)NCCN2CCCC(C(N)=O)C2)cc1. The van der Waals surface area contributed by atoms with Crippen molar-refractivity contribution in [2.45, 2.75) is 12.8 Å². The summed E-state index contributed by atoms with van der Waals surface area (Å²) in [5, 5.41) is 12.2. The van der Waals surface area contributed by atoms with E-state index in [2.05, 4.69) is 16.3 Å². The van der Waals surface area contributed by atoms with Gasteiger partial charge in [-0.1, -0.05) is 30.3 Å². The number of carbonyl (C=O) groups is 2. The maximum atomic E-state index is 12.4. The highest BCUT2D eigenvalue weighted by Gasteiger charge is 2.23. The minimum Gasteiger partial charge on any atom is -0.369 e. The quantitative estimate of drug-likeness (QED) is 0.807. The molecule has 0 spiro atoms. The highest BCUT2D eigenvalue weighted by molar-refractivity contribution is 5.94. The lowest BCUT2D eigenvalue weighted by Crippen LogP contribution is -2.44. The summed E-state index contributed by atoms with van der Waals surface area (Å²) in [6, 6.07) is 16.8. The average Bonchev–Trinajstić information content (AvgIpc) is 2.74. The van der Waals surface area contributed by atoms with Crippen molar-refractivity contribution >= 4 is 11.8 Å². The maximum Gasteiger partial charge on any atom is 0.251 e. The number of nitrogens with zero attached hydrogens (tertiary/aromatic N) is 2. The van der Waals surface area contributed by atoms with Gasteiger partial charge in [-0.15, -0.1) is 0 Å². The Morgan fingerprint density at radius 2 is 1.93 bits per heavy atom. The molecule has 1 saturated heterocycles. The van der Waals surface area contributed by atoms with Crippen molar-refractivity contribution < 1.29 is 9.59 Å². The van der Waals surface area contributed by atoms with Crippen LogP contribution in [0.2, 0.25) is 0 Å². The smallest absolute Gasteiger partial charge is 0.251 e. The predicted octanol–water partition coefficient (Wildman–Crippen LogP) is 2.15. The molecule has 1 aliphatic rings. The van der Waals surface area contributed by atoms with Crippen LogP contribution >= 0.6 is 0 Å². The average molecular weight is 376 g/mol. The van der Waals surface area contributed by atoms with E-state index in [1.807, 2.05) is 30.3 Å².